The van der Waals surface area contributed by atoms with Crippen LogP contribution in [0.2, 0.25) is 0 Å². The van der Waals surface area contributed by atoms with Crippen LogP contribution in [0.15, 0.2) is 18.3 Å². The number of nitrogens with zero attached hydrogens (tertiary/aromatic N) is 2. The number of anilines is 1. The monoisotopic (exact) mass is 241 g/mol. The van der Waals surface area contributed by atoms with Gasteiger partial charge in [-0.1, -0.05) is 12.2 Å². The third-order valence-corrected chi connectivity index (χ3v) is 2.88. The lowest BCUT2D eigenvalue weighted by Gasteiger charge is -2.17. The van der Waals surface area contributed by atoms with Crippen molar-refractivity contribution in [2.24, 2.45) is 5.73 Å². The molecule has 5 heteroatoms. The van der Waals surface area contributed by atoms with E-state index in [1.165, 1.54) is 0 Å². The fourth-order valence-corrected chi connectivity index (χ4v) is 1.71. The zero-order valence-electron chi connectivity index (χ0n) is 8.93. The van der Waals surface area contributed by atoms with Crippen LogP contribution in [-0.4, -0.2) is 35.6 Å². The summed E-state index contributed by atoms with van der Waals surface area (Å²) >= 11 is 6.74. The normalized spacial score (nSPS) is 10.0. The van der Waals surface area contributed by atoms with Crippen molar-refractivity contribution in [1.29, 1.82) is 0 Å². The van der Waals surface area contributed by atoms with Gasteiger partial charge in [0.05, 0.1) is 0 Å². The Morgan fingerprint density at radius 1 is 1.67 bits per heavy atom. The number of thiocarbonyl (C=S) groups is 1. The van der Waals surface area contributed by atoms with Gasteiger partial charge in [0.25, 0.3) is 0 Å². The first-order chi connectivity index (χ1) is 7.15. The molecule has 0 saturated heterocycles. The molecular weight excluding hydrogens is 226 g/mol. The van der Waals surface area contributed by atoms with Gasteiger partial charge in [-0.3, -0.25) is 0 Å². The molecule has 15 heavy (non-hydrogen) atoms. The summed E-state index contributed by atoms with van der Waals surface area (Å²) in [7, 11) is 2.02. The second-order valence-corrected chi connectivity index (χ2v) is 4.61. The Morgan fingerprint density at radius 3 is 3.00 bits per heavy atom. The van der Waals surface area contributed by atoms with Crippen LogP contribution in [0.3, 0.4) is 0 Å². The van der Waals surface area contributed by atoms with Crippen LogP contribution in [0.1, 0.15) is 5.56 Å². The smallest absolute Gasteiger partial charge is 0.128 e. The molecule has 0 amide bonds. The molecule has 0 bridgehead atoms. The van der Waals surface area contributed by atoms with E-state index in [0.717, 1.165) is 23.7 Å². The van der Waals surface area contributed by atoms with Gasteiger partial charge in [-0.25, -0.2) is 4.98 Å². The summed E-state index contributed by atoms with van der Waals surface area (Å²) in [6.45, 7) is 0.967. The van der Waals surface area contributed by atoms with Crippen molar-refractivity contribution in [2.75, 3.05) is 30.5 Å². The molecule has 1 heterocycles. The summed E-state index contributed by atoms with van der Waals surface area (Å²) in [6, 6.07) is 3.75. The molecule has 82 valence electrons. The highest BCUT2D eigenvalue weighted by molar-refractivity contribution is 7.98. The molecule has 0 aliphatic rings. The molecule has 0 atom stereocenters. The maximum Gasteiger partial charge on any atom is 0.128 e. The molecule has 0 radical (unpaired) electrons. The molecule has 0 fully saturated rings. The number of hydrogen-bond acceptors (Lipinski definition) is 4. The SMILES string of the molecule is CSCCN(C)c1cc(C(N)=S)ccn1. The first kappa shape index (κ1) is 12.3. The van der Waals surface area contributed by atoms with E-state index in [9.17, 15) is 0 Å². The topological polar surface area (TPSA) is 42.1 Å². The van der Waals surface area contributed by atoms with Crippen molar-refractivity contribution >= 4 is 34.8 Å². The zero-order chi connectivity index (χ0) is 11.3. The lowest BCUT2D eigenvalue weighted by Crippen LogP contribution is -2.22. The van der Waals surface area contributed by atoms with Crippen LogP contribution in [0.4, 0.5) is 5.82 Å². The van der Waals surface area contributed by atoms with Gasteiger partial charge in [0.2, 0.25) is 0 Å². The predicted molar refractivity (Wildman–Crippen MR) is 71.8 cm³/mol. The number of hydrogen-bond donors (Lipinski definition) is 1. The van der Waals surface area contributed by atoms with E-state index in [1.807, 2.05) is 30.9 Å². The van der Waals surface area contributed by atoms with Crippen LogP contribution in [0.25, 0.3) is 0 Å². The number of pyridine rings is 1. The number of thioether (sulfide) groups is 1. The summed E-state index contributed by atoms with van der Waals surface area (Å²) < 4.78 is 0. The predicted octanol–water partition coefficient (Wildman–Crippen LogP) is 1.52. The van der Waals surface area contributed by atoms with Gasteiger partial charge in [-0.15, -0.1) is 0 Å². The summed E-state index contributed by atoms with van der Waals surface area (Å²) in [5.41, 5.74) is 6.43. The third kappa shape index (κ3) is 3.68. The largest absolute Gasteiger partial charge is 0.389 e. The minimum absolute atomic E-state index is 0.414. The molecule has 0 aliphatic carbocycles. The lowest BCUT2D eigenvalue weighted by atomic mass is 10.2. The molecule has 1 aromatic heterocycles. The third-order valence-electron chi connectivity index (χ3n) is 2.05. The fraction of sp³-hybridized carbons (Fsp3) is 0.400. The Bertz CT molecular complexity index is 341. The Labute approximate surface area is 100 Å². The molecule has 0 unspecified atom stereocenters. The van der Waals surface area contributed by atoms with Gasteiger partial charge >= 0.3 is 0 Å². The Morgan fingerprint density at radius 2 is 2.40 bits per heavy atom. The molecule has 0 aromatic carbocycles. The van der Waals surface area contributed by atoms with Crippen LogP contribution >= 0.6 is 24.0 Å². The molecule has 0 aliphatic heterocycles. The van der Waals surface area contributed by atoms with Crippen molar-refractivity contribution in [1.82, 2.24) is 4.98 Å². The summed E-state index contributed by atoms with van der Waals surface area (Å²) in [6.07, 6.45) is 3.83. The zero-order valence-corrected chi connectivity index (χ0v) is 10.6. The summed E-state index contributed by atoms with van der Waals surface area (Å²) in [5, 5.41) is 0. The molecule has 2 N–H and O–H groups in total. The number of nitrogens with two attached hydrogens (primary N) is 1. The highest BCUT2D eigenvalue weighted by atomic mass is 32.2. The molecular formula is C10H15N3S2. The van der Waals surface area contributed by atoms with Crippen LogP contribution in [0.5, 0.6) is 0 Å². The summed E-state index contributed by atoms with van der Waals surface area (Å²) in [5.74, 6) is 1.99. The molecule has 1 aromatic rings. The first-order valence-electron chi connectivity index (χ1n) is 4.61. The van der Waals surface area contributed by atoms with Gasteiger partial charge in [-0.05, 0) is 18.4 Å². The maximum absolute atomic E-state index is 5.56. The van der Waals surface area contributed by atoms with Crippen molar-refractivity contribution in [3.63, 3.8) is 0 Å². The molecule has 0 spiro atoms. The van der Waals surface area contributed by atoms with E-state index < -0.39 is 0 Å². The highest BCUT2D eigenvalue weighted by Gasteiger charge is 2.03. The van der Waals surface area contributed by atoms with E-state index in [0.29, 0.717) is 4.99 Å². The highest BCUT2D eigenvalue weighted by Crippen LogP contribution is 2.11. The van der Waals surface area contributed by atoms with Crippen molar-refractivity contribution < 1.29 is 0 Å². The summed E-state index contributed by atoms with van der Waals surface area (Å²) in [4.78, 5) is 6.79. The van der Waals surface area contributed by atoms with Gasteiger partial charge in [0.1, 0.15) is 10.8 Å². The molecule has 1 rings (SSSR count). The van der Waals surface area contributed by atoms with E-state index in [2.05, 4.69) is 16.1 Å². The Hall–Kier alpha value is -0.810. The van der Waals surface area contributed by atoms with Gasteiger partial charge in [0.15, 0.2) is 0 Å². The number of aromatic nitrogens is 1. The fourth-order valence-electron chi connectivity index (χ4n) is 1.12. The van der Waals surface area contributed by atoms with Crippen LogP contribution in [0, 0.1) is 0 Å². The maximum atomic E-state index is 5.56. The second kappa shape index (κ2) is 5.92. The minimum atomic E-state index is 0.414. The molecule has 3 nitrogen and oxygen atoms in total. The molecule has 0 saturated carbocycles. The van der Waals surface area contributed by atoms with E-state index in [4.69, 9.17) is 18.0 Å². The van der Waals surface area contributed by atoms with Crippen molar-refractivity contribution in [2.45, 2.75) is 0 Å². The van der Waals surface area contributed by atoms with Gasteiger partial charge in [-0.2, -0.15) is 11.8 Å². The van der Waals surface area contributed by atoms with Crippen molar-refractivity contribution in [3.8, 4) is 0 Å². The quantitative estimate of drug-likeness (QED) is 0.792. The van der Waals surface area contributed by atoms with E-state index >= 15 is 0 Å². The first-order valence-corrected chi connectivity index (χ1v) is 6.41. The number of rotatable bonds is 5. The second-order valence-electron chi connectivity index (χ2n) is 3.18. The Kier molecular flexibility index (Phi) is 4.84. The average Bonchev–Trinajstić information content (AvgIpc) is 2.26. The standard InChI is InChI=1S/C10H15N3S2/c1-13(5-6-15-2)9-7-8(10(11)14)3-4-12-9/h3-4,7H,5-6H2,1-2H3,(H2,11,14). The van der Waals surface area contributed by atoms with Crippen molar-refractivity contribution in [3.05, 3.63) is 23.9 Å². The lowest BCUT2D eigenvalue weighted by molar-refractivity contribution is 0.946. The van der Waals surface area contributed by atoms with Crippen LogP contribution < -0.4 is 10.6 Å². The Balaban J connectivity index is 2.76. The van der Waals surface area contributed by atoms with Gasteiger partial charge < -0.3 is 10.6 Å². The van der Waals surface area contributed by atoms with Gasteiger partial charge in [0, 0.05) is 31.1 Å². The minimum Gasteiger partial charge on any atom is -0.389 e. The van der Waals surface area contributed by atoms with Crippen LogP contribution in [-0.2, 0) is 0 Å². The average molecular weight is 241 g/mol. The van der Waals surface area contributed by atoms with E-state index in [1.54, 1.807) is 6.20 Å². The van der Waals surface area contributed by atoms with E-state index in [-0.39, 0.29) is 0 Å².